The Labute approximate surface area is 189 Å². The van der Waals surface area contributed by atoms with Crippen molar-refractivity contribution in [2.24, 2.45) is 0 Å². The van der Waals surface area contributed by atoms with E-state index in [2.05, 4.69) is 6.92 Å². The zero-order valence-corrected chi connectivity index (χ0v) is 19.2. The molecule has 0 radical (unpaired) electrons. The highest BCUT2D eigenvalue weighted by Crippen LogP contribution is 2.30. The number of ether oxygens (including phenoxy) is 2. The van der Waals surface area contributed by atoms with E-state index in [9.17, 15) is 14.3 Å². The number of carbonyl (C=O) groups is 1. The van der Waals surface area contributed by atoms with E-state index < -0.39 is 11.8 Å². The molecule has 0 heterocycles. The van der Waals surface area contributed by atoms with Gasteiger partial charge in [0.2, 0.25) is 0 Å². The molecule has 2 rings (SSSR count). The zero-order valence-electron chi connectivity index (χ0n) is 19.2. The molecule has 0 aliphatic carbocycles. The highest BCUT2D eigenvalue weighted by Gasteiger charge is 2.15. The Balaban J connectivity index is 2.37. The second-order valence-electron chi connectivity index (χ2n) is 7.31. The average Bonchev–Trinajstić information content (AvgIpc) is 2.78. The number of allylic oxidation sites excluding steroid dienone is 4. The van der Waals surface area contributed by atoms with Crippen molar-refractivity contribution in [2.75, 3.05) is 6.61 Å². The smallest absolute Gasteiger partial charge is 0.339 e. The van der Waals surface area contributed by atoms with Gasteiger partial charge in [0.1, 0.15) is 17.1 Å². The van der Waals surface area contributed by atoms with Crippen molar-refractivity contribution < 1.29 is 23.8 Å². The molecule has 0 saturated carbocycles. The van der Waals surface area contributed by atoms with Crippen LogP contribution in [0.4, 0.5) is 4.39 Å². The van der Waals surface area contributed by atoms with Gasteiger partial charge in [-0.05, 0) is 79.3 Å². The third-order valence-electron chi connectivity index (χ3n) is 4.76. The third kappa shape index (κ3) is 7.12. The number of carboxylic acid groups (broad SMARTS) is 1. The second kappa shape index (κ2) is 12.5. The first-order chi connectivity index (χ1) is 15.4. The minimum Gasteiger partial charge on any atom is -0.491 e. The Hall–Kier alpha value is -3.34. The number of hydrogen-bond donors (Lipinski definition) is 1. The molecule has 0 unspecified atom stereocenters. The van der Waals surface area contributed by atoms with Gasteiger partial charge in [0.05, 0.1) is 6.61 Å². The first-order valence-electron chi connectivity index (χ1n) is 10.9. The summed E-state index contributed by atoms with van der Waals surface area (Å²) in [6.45, 7) is 8.12. The lowest BCUT2D eigenvalue weighted by Crippen LogP contribution is -2.02. The highest BCUT2D eigenvalue weighted by molar-refractivity contribution is 5.92. The van der Waals surface area contributed by atoms with Crippen LogP contribution in [0.2, 0.25) is 0 Å². The average molecular weight is 439 g/mol. The fraction of sp³-hybridized carbons (Fsp3) is 0.296. The van der Waals surface area contributed by atoms with Crippen molar-refractivity contribution >= 4 is 12.0 Å². The maximum Gasteiger partial charge on any atom is 0.339 e. The Morgan fingerprint density at radius 3 is 2.44 bits per heavy atom. The van der Waals surface area contributed by atoms with Gasteiger partial charge in [-0.1, -0.05) is 45.1 Å². The molecule has 0 aromatic heterocycles. The topological polar surface area (TPSA) is 55.8 Å². The van der Waals surface area contributed by atoms with Crippen LogP contribution in [0.1, 0.15) is 60.7 Å². The molecule has 32 heavy (non-hydrogen) atoms. The summed E-state index contributed by atoms with van der Waals surface area (Å²) in [6.07, 6.45) is 8.77. The Kier molecular flexibility index (Phi) is 9.74. The summed E-state index contributed by atoms with van der Waals surface area (Å²) in [5, 5.41) is 9.61. The van der Waals surface area contributed by atoms with E-state index in [0.717, 1.165) is 24.0 Å². The van der Waals surface area contributed by atoms with Crippen LogP contribution in [-0.2, 0) is 11.2 Å². The van der Waals surface area contributed by atoms with E-state index in [4.69, 9.17) is 9.47 Å². The monoisotopic (exact) mass is 438 g/mol. The largest absolute Gasteiger partial charge is 0.491 e. The SMILES string of the molecule is CC\C=C(F)/C(=C\C=C\c1cc(Oc2ccc(CC)cc2)c(C(=O)O)cc1C)OCCC. The first-order valence-corrected chi connectivity index (χ1v) is 10.9. The molecular formula is C27H31FO4. The highest BCUT2D eigenvalue weighted by atomic mass is 19.1. The molecule has 4 nitrogen and oxygen atoms in total. The molecule has 0 aliphatic rings. The van der Waals surface area contributed by atoms with Crippen LogP contribution in [-0.4, -0.2) is 17.7 Å². The van der Waals surface area contributed by atoms with Gasteiger partial charge in [0, 0.05) is 0 Å². The maximum atomic E-state index is 14.2. The molecule has 5 heteroatoms. The van der Waals surface area contributed by atoms with Crippen LogP contribution in [0, 0.1) is 6.92 Å². The summed E-state index contributed by atoms with van der Waals surface area (Å²) in [5.41, 5.74) is 2.78. The molecule has 2 aromatic rings. The number of carboxylic acids is 1. The summed E-state index contributed by atoms with van der Waals surface area (Å²) in [5.74, 6) is -0.480. The summed E-state index contributed by atoms with van der Waals surface area (Å²) in [4.78, 5) is 11.7. The number of aryl methyl sites for hydroxylation is 2. The lowest BCUT2D eigenvalue weighted by molar-refractivity contribution is 0.0694. The molecule has 0 spiro atoms. The van der Waals surface area contributed by atoms with E-state index in [1.807, 2.05) is 45.0 Å². The number of hydrogen-bond acceptors (Lipinski definition) is 3. The Bertz CT molecular complexity index is 1000. The van der Waals surface area contributed by atoms with Crippen LogP contribution < -0.4 is 4.74 Å². The molecule has 0 atom stereocenters. The van der Waals surface area contributed by atoms with Gasteiger partial charge < -0.3 is 14.6 Å². The molecule has 170 valence electrons. The molecule has 0 fully saturated rings. The fourth-order valence-electron chi connectivity index (χ4n) is 2.98. The Morgan fingerprint density at radius 2 is 1.84 bits per heavy atom. The molecule has 1 N–H and O–H groups in total. The van der Waals surface area contributed by atoms with E-state index >= 15 is 0 Å². The van der Waals surface area contributed by atoms with Gasteiger partial charge in [-0.25, -0.2) is 9.18 Å². The minimum absolute atomic E-state index is 0.0821. The van der Waals surface area contributed by atoms with Gasteiger partial charge in [-0.15, -0.1) is 0 Å². The van der Waals surface area contributed by atoms with Gasteiger partial charge in [-0.2, -0.15) is 0 Å². The van der Waals surface area contributed by atoms with E-state index in [1.165, 1.54) is 11.6 Å². The van der Waals surface area contributed by atoms with Crippen molar-refractivity contribution in [1.29, 1.82) is 0 Å². The molecular weight excluding hydrogens is 407 g/mol. The van der Waals surface area contributed by atoms with Crippen LogP contribution >= 0.6 is 0 Å². The van der Waals surface area contributed by atoms with Crippen molar-refractivity contribution in [2.45, 2.75) is 47.0 Å². The maximum absolute atomic E-state index is 14.2. The quantitative estimate of drug-likeness (QED) is 0.289. The molecule has 0 amide bonds. The zero-order chi connectivity index (χ0) is 23.5. The lowest BCUT2D eigenvalue weighted by Gasteiger charge is -2.12. The number of rotatable bonds is 11. The minimum atomic E-state index is -1.06. The summed E-state index contributed by atoms with van der Waals surface area (Å²) in [7, 11) is 0. The predicted octanol–water partition coefficient (Wildman–Crippen LogP) is 7.64. The standard InChI is InChI=1S/C27H31FO4/c1-5-9-24(28)25(31-16-6-2)11-8-10-21-18-26(23(27(29)30)17-19(21)4)32-22-14-12-20(7-3)13-15-22/h8-15,17-18H,5-7,16H2,1-4H3,(H,29,30)/b10-8+,24-9+,25-11+. The number of aromatic carboxylic acids is 1. The number of halogens is 1. The molecule has 0 aliphatic heterocycles. The Morgan fingerprint density at radius 1 is 1.12 bits per heavy atom. The van der Waals surface area contributed by atoms with Gasteiger partial charge in [0.15, 0.2) is 11.6 Å². The molecule has 2 aromatic carbocycles. The van der Waals surface area contributed by atoms with Crippen molar-refractivity contribution in [3.63, 3.8) is 0 Å². The van der Waals surface area contributed by atoms with Crippen molar-refractivity contribution in [1.82, 2.24) is 0 Å². The van der Waals surface area contributed by atoms with Crippen LogP contribution in [0.3, 0.4) is 0 Å². The molecule has 0 saturated heterocycles. The lowest BCUT2D eigenvalue weighted by atomic mass is 10.0. The van der Waals surface area contributed by atoms with E-state index in [1.54, 1.807) is 30.4 Å². The second-order valence-corrected chi connectivity index (χ2v) is 7.31. The van der Waals surface area contributed by atoms with E-state index in [0.29, 0.717) is 18.8 Å². The summed E-state index contributed by atoms with van der Waals surface area (Å²) < 4.78 is 25.6. The van der Waals surface area contributed by atoms with Crippen molar-refractivity contribution in [3.8, 4) is 11.5 Å². The van der Waals surface area contributed by atoms with Crippen molar-refractivity contribution in [3.05, 3.63) is 88.5 Å². The normalized spacial score (nSPS) is 12.3. The third-order valence-corrected chi connectivity index (χ3v) is 4.76. The number of benzene rings is 2. The predicted molar refractivity (Wildman–Crippen MR) is 127 cm³/mol. The first kappa shape index (κ1) is 24.9. The van der Waals surface area contributed by atoms with Crippen LogP contribution in [0.5, 0.6) is 11.5 Å². The molecule has 0 bridgehead atoms. The van der Waals surface area contributed by atoms with Gasteiger partial charge >= 0.3 is 5.97 Å². The van der Waals surface area contributed by atoms with E-state index in [-0.39, 0.29) is 17.1 Å². The van der Waals surface area contributed by atoms with Gasteiger partial charge in [0.25, 0.3) is 0 Å². The summed E-state index contributed by atoms with van der Waals surface area (Å²) in [6, 6.07) is 10.8. The summed E-state index contributed by atoms with van der Waals surface area (Å²) >= 11 is 0. The van der Waals surface area contributed by atoms with Crippen LogP contribution in [0.25, 0.3) is 6.08 Å². The fourth-order valence-corrected chi connectivity index (χ4v) is 2.98. The van der Waals surface area contributed by atoms with Gasteiger partial charge in [-0.3, -0.25) is 0 Å². The van der Waals surface area contributed by atoms with Crippen LogP contribution in [0.15, 0.2) is 66.2 Å².